The summed E-state index contributed by atoms with van der Waals surface area (Å²) in [6.45, 7) is 10.3. The number of hydrogen-bond acceptors (Lipinski definition) is 5. The molecule has 0 aromatic carbocycles. The van der Waals surface area contributed by atoms with Gasteiger partial charge < -0.3 is 10.1 Å². The van der Waals surface area contributed by atoms with Crippen LogP contribution in [0, 0.1) is 0 Å². The third-order valence-corrected chi connectivity index (χ3v) is 3.32. The number of piperazine rings is 1. The van der Waals surface area contributed by atoms with E-state index in [2.05, 4.69) is 15.1 Å². The first-order chi connectivity index (χ1) is 9.08. The molecule has 1 heterocycles. The van der Waals surface area contributed by atoms with Gasteiger partial charge in [0.2, 0.25) is 5.91 Å². The maximum atomic E-state index is 11.6. The molecule has 1 amide bonds. The van der Waals surface area contributed by atoms with Gasteiger partial charge in [-0.2, -0.15) is 0 Å². The Morgan fingerprint density at radius 3 is 2.37 bits per heavy atom. The van der Waals surface area contributed by atoms with Crippen molar-refractivity contribution < 1.29 is 14.3 Å². The van der Waals surface area contributed by atoms with Crippen LogP contribution in [0.2, 0.25) is 0 Å². The van der Waals surface area contributed by atoms with Crippen LogP contribution in [0.4, 0.5) is 0 Å². The maximum Gasteiger partial charge on any atom is 0.323 e. The standard InChI is InChI=1S/C13H25N3O3/c1-4-14-12(17)10-15-6-8-16(9-7-15)11(3)13(18)19-5-2/h11H,4-10H2,1-3H3,(H,14,17). The molecule has 1 unspecified atom stereocenters. The van der Waals surface area contributed by atoms with E-state index in [1.807, 2.05) is 20.8 Å². The fourth-order valence-electron chi connectivity index (χ4n) is 2.18. The number of likely N-dealkylation sites (N-methyl/N-ethyl adjacent to an activating group) is 1. The van der Waals surface area contributed by atoms with Crippen LogP contribution in [0.15, 0.2) is 0 Å². The number of ether oxygens (including phenoxy) is 1. The summed E-state index contributed by atoms with van der Waals surface area (Å²) in [4.78, 5) is 27.3. The number of rotatable bonds is 6. The highest BCUT2D eigenvalue weighted by molar-refractivity contribution is 5.78. The molecule has 1 N–H and O–H groups in total. The summed E-state index contributed by atoms with van der Waals surface area (Å²) >= 11 is 0. The zero-order valence-corrected chi connectivity index (χ0v) is 12.1. The zero-order valence-electron chi connectivity index (χ0n) is 12.1. The van der Waals surface area contributed by atoms with Crippen molar-refractivity contribution in [2.75, 3.05) is 45.9 Å². The number of carbonyl (C=O) groups is 2. The van der Waals surface area contributed by atoms with Crippen LogP contribution in [-0.2, 0) is 14.3 Å². The molecule has 1 fully saturated rings. The molecule has 0 aliphatic carbocycles. The summed E-state index contributed by atoms with van der Waals surface area (Å²) in [5, 5.41) is 2.79. The van der Waals surface area contributed by atoms with Crippen molar-refractivity contribution in [3.05, 3.63) is 0 Å². The van der Waals surface area contributed by atoms with E-state index in [1.54, 1.807) is 0 Å². The molecule has 6 nitrogen and oxygen atoms in total. The first-order valence-electron chi connectivity index (χ1n) is 6.98. The number of carbonyl (C=O) groups excluding carboxylic acids is 2. The molecule has 0 spiro atoms. The summed E-state index contributed by atoms with van der Waals surface area (Å²) in [7, 11) is 0. The Kier molecular flexibility index (Phi) is 6.80. The first kappa shape index (κ1) is 15.9. The maximum absolute atomic E-state index is 11.6. The summed E-state index contributed by atoms with van der Waals surface area (Å²) in [6.07, 6.45) is 0. The van der Waals surface area contributed by atoms with Gasteiger partial charge >= 0.3 is 5.97 Å². The van der Waals surface area contributed by atoms with Gasteiger partial charge in [0.25, 0.3) is 0 Å². The lowest BCUT2D eigenvalue weighted by Crippen LogP contribution is -2.53. The number of nitrogens with one attached hydrogen (secondary N) is 1. The fraction of sp³-hybridized carbons (Fsp3) is 0.846. The molecule has 0 bridgehead atoms. The van der Waals surface area contributed by atoms with Crippen molar-refractivity contribution in [2.24, 2.45) is 0 Å². The largest absolute Gasteiger partial charge is 0.465 e. The fourth-order valence-corrected chi connectivity index (χ4v) is 2.18. The van der Waals surface area contributed by atoms with Crippen LogP contribution < -0.4 is 5.32 Å². The number of hydrogen-bond donors (Lipinski definition) is 1. The molecular formula is C13H25N3O3. The predicted octanol–water partition coefficient (Wildman–Crippen LogP) is -0.308. The Morgan fingerprint density at radius 1 is 1.21 bits per heavy atom. The average Bonchev–Trinajstić information content (AvgIpc) is 2.39. The Hall–Kier alpha value is -1.14. The van der Waals surface area contributed by atoms with Crippen LogP contribution in [0.5, 0.6) is 0 Å². The number of nitrogens with zero attached hydrogens (tertiary/aromatic N) is 2. The Morgan fingerprint density at radius 2 is 1.84 bits per heavy atom. The SMILES string of the molecule is CCNC(=O)CN1CCN(C(C)C(=O)OCC)CC1. The Bertz CT molecular complexity index is 302. The Balaban J connectivity index is 2.32. The average molecular weight is 271 g/mol. The highest BCUT2D eigenvalue weighted by atomic mass is 16.5. The molecule has 110 valence electrons. The van der Waals surface area contributed by atoms with E-state index in [9.17, 15) is 9.59 Å². The summed E-state index contributed by atoms with van der Waals surface area (Å²) in [5.41, 5.74) is 0. The smallest absolute Gasteiger partial charge is 0.323 e. The lowest BCUT2D eigenvalue weighted by Gasteiger charge is -2.36. The molecule has 1 aliphatic rings. The van der Waals surface area contributed by atoms with E-state index in [0.29, 0.717) is 19.7 Å². The van der Waals surface area contributed by atoms with Crippen molar-refractivity contribution in [3.63, 3.8) is 0 Å². The third kappa shape index (κ3) is 5.16. The van der Waals surface area contributed by atoms with Crippen LogP contribution >= 0.6 is 0 Å². The zero-order chi connectivity index (χ0) is 14.3. The van der Waals surface area contributed by atoms with Gasteiger partial charge in [-0.3, -0.25) is 19.4 Å². The molecule has 6 heteroatoms. The van der Waals surface area contributed by atoms with Crippen molar-refractivity contribution >= 4 is 11.9 Å². The summed E-state index contributed by atoms with van der Waals surface area (Å²) in [5.74, 6) is -0.103. The van der Waals surface area contributed by atoms with Gasteiger partial charge in [0, 0.05) is 32.7 Å². The van der Waals surface area contributed by atoms with E-state index in [-0.39, 0.29) is 17.9 Å². The minimum atomic E-state index is -0.202. The van der Waals surface area contributed by atoms with Gasteiger partial charge in [-0.05, 0) is 20.8 Å². The van der Waals surface area contributed by atoms with Gasteiger partial charge in [0.1, 0.15) is 6.04 Å². The lowest BCUT2D eigenvalue weighted by atomic mass is 10.2. The quantitative estimate of drug-likeness (QED) is 0.672. The van der Waals surface area contributed by atoms with Crippen molar-refractivity contribution in [1.82, 2.24) is 15.1 Å². The van der Waals surface area contributed by atoms with Gasteiger partial charge in [-0.1, -0.05) is 0 Å². The minimum absolute atomic E-state index is 0.0643. The topological polar surface area (TPSA) is 61.9 Å². The molecule has 1 aliphatic heterocycles. The third-order valence-electron chi connectivity index (χ3n) is 3.32. The second-order valence-corrected chi connectivity index (χ2v) is 4.69. The number of amides is 1. The van der Waals surface area contributed by atoms with Crippen LogP contribution in [0.3, 0.4) is 0 Å². The molecule has 0 aromatic heterocycles. The first-order valence-corrected chi connectivity index (χ1v) is 6.98. The van der Waals surface area contributed by atoms with Gasteiger partial charge in [-0.15, -0.1) is 0 Å². The predicted molar refractivity (Wildman–Crippen MR) is 72.8 cm³/mol. The van der Waals surface area contributed by atoms with Gasteiger partial charge in [-0.25, -0.2) is 0 Å². The van der Waals surface area contributed by atoms with Crippen molar-refractivity contribution in [1.29, 1.82) is 0 Å². The van der Waals surface area contributed by atoms with Crippen molar-refractivity contribution in [3.8, 4) is 0 Å². The highest BCUT2D eigenvalue weighted by Crippen LogP contribution is 2.07. The normalized spacial score (nSPS) is 18.9. The second-order valence-electron chi connectivity index (χ2n) is 4.69. The molecule has 19 heavy (non-hydrogen) atoms. The summed E-state index contributed by atoms with van der Waals surface area (Å²) in [6, 6.07) is -0.202. The second kappa shape index (κ2) is 8.12. The van der Waals surface area contributed by atoms with Crippen molar-refractivity contribution in [2.45, 2.75) is 26.8 Å². The van der Waals surface area contributed by atoms with Gasteiger partial charge in [0.15, 0.2) is 0 Å². The van der Waals surface area contributed by atoms with E-state index in [0.717, 1.165) is 26.2 Å². The van der Waals surface area contributed by atoms with Crippen LogP contribution in [0.25, 0.3) is 0 Å². The van der Waals surface area contributed by atoms with E-state index in [4.69, 9.17) is 4.74 Å². The van der Waals surface area contributed by atoms with E-state index >= 15 is 0 Å². The van der Waals surface area contributed by atoms with Crippen LogP contribution in [-0.4, -0.2) is 73.6 Å². The van der Waals surface area contributed by atoms with E-state index < -0.39 is 0 Å². The highest BCUT2D eigenvalue weighted by Gasteiger charge is 2.26. The minimum Gasteiger partial charge on any atom is -0.465 e. The molecule has 1 rings (SSSR count). The monoisotopic (exact) mass is 271 g/mol. The van der Waals surface area contributed by atoms with Gasteiger partial charge in [0.05, 0.1) is 13.2 Å². The lowest BCUT2D eigenvalue weighted by molar-refractivity contribution is -0.149. The molecule has 0 saturated carbocycles. The molecule has 0 aromatic rings. The number of esters is 1. The molecule has 1 saturated heterocycles. The van der Waals surface area contributed by atoms with Crippen LogP contribution in [0.1, 0.15) is 20.8 Å². The molecule has 1 atom stereocenters. The molecular weight excluding hydrogens is 246 g/mol. The Labute approximate surface area is 115 Å². The summed E-state index contributed by atoms with van der Waals surface area (Å²) < 4.78 is 5.02. The molecule has 0 radical (unpaired) electrons. The van der Waals surface area contributed by atoms with E-state index in [1.165, 1.54) is 0 Å².